The van der Waals surface area contributed by atoms with E-state index in [1.807, 2.05) is 26.0 Å². The summed E-state index contributed by atoms with van der Waals surface area (Å²) in [6, 6.07) is 3.69. The quantitative estimate of drug-likeness (QED) is 0.881. The van der Waals surface area contributed by atoms with Gasteiger partial charge >= 0.3 is 0 Å². The van der Waals surface area contributed by atoms with Crippen LogP contribution in [0.1, 0.15) is 29.8 Å². The van der Waals surface area contributed by atoms with Crippen LogP contribution < -0.4 is 5.73 Å². The molecule has 0 aliphatic carbocycles. The molecule has 1 unspecified atom stereocenters. The van der Waals surface area contributed by atoms with Crippen molar-refractivity contribution in [1.82, 2.24) is 9.97 Å². The van der Waals surface area contributed by atoms with E-state index in [0.29, 0.717) is 18.1 Å². The van der Waals surface area contributed by atoms with Gasteiger partial charge in [0.15, 0.2) is 11.6 Å². The summed E-state index contributed by atoms with van der Waals surface area (Å²) in [6.07, 6.45) is 1.62. The van der Waals surface area contributed by atoms with Crippen LogP contribution in [-0.2, 0) is 0 Å². The highest BCUT2D eigenvalue weighted by atomic mass is 16.3. The molecule has 2 aromatic rings. The molecule has 17 heavy (non-hydrogen) atoms. The monoisotopic (exact) mass is 231 g/mol. The van der Waals surface area contributed by atoms with Crippen LogP contribution in [0.3, 0.4) is 0 Å². The molecule has 1 atom stereocenters. The minimum Gasteiger partial charge on any atom is -0.461 e. The fourth-order valence-electron chi connectivity index (χ4n) is 2.07. The van der Waals surface area contributed by atoms with Crippen molar-refractivity contribution < 1.29 is 4.42 Å². The summed E-state index contributed by atoms with van der Waals surface area (Å²) in [7, 11) is 0. The molecule has 0 aromatic carbocycles. The molecule has 0 saturated carbocycles. The van der Waals surface area contributed by atoms with Crippen LogP contribution in [0.15, 0.2) is 22.8 Å². The molecule has 0 saturated heterocycles. The number of furan rings is 1. The Hall–Kier alpha value is -1.68. The highest BCUT2D eigenvalue weighted by molar-refractivity contribution is 5.48. The van der Waals surface area contributed by atoms with E-state index in [2.05, 4.69) is 16.9 Å². The second-order valence-electron chi connectivity index (χ2n) is 4.25. The summed E-state index contributed by atoms with van der Waals surface area (Å²) >= 11 is 0. The van der Waals surface area contributed by atoms with Crippen molar-refractivity contribution in [3.63, 3.8) is 0 Å². The Labute approximate surface area is 101 Å². The van der Waals surface area contributed by atoms with Gasteiger partial charge in [0.25, 0.3) is 0 Å². The van der Waals surface area contributed by atoms with Crippen molar-refractivity contribution >= 4 is 0 Å². The zero-order valence-electron chi connectivity index (χ0n) is 10.4. The molecule has 4 nitrogen and oxygen atoms in total. The van der Waals surface area contributed by atoms with Crippen molar-refractivity contribution in [2.24, 2.45) is 5.73 Å². The first-order valence-corrected chi connectivity index (χ1v) is 5.72. The first-order chi connectivity index (χ1) is 8.13. The average molecular weight is 231 g/mol. The van der Waals surface area contributed by atoms with Gasteiger partial charge in [-0.3, -0.25) is 0 Å². The first-order valence-electron chi connectivity index (χ1n) is 5.72. The minimum absolute atomic E-state index is 0.278. The van der Waals surface area contributed by atoms with Crippen molar-refractivity contribution in [2.45, 2.75) is 26.7 Å². The molecule has 2 aromatic heterocycles. The van der Waals surface area contributed by atoms with E-state index in [4.69, 9.17) is 10.2 Å². The van der Waals surface area contributed by atoms with Crippen molar-refractivity contribution in [3.05, 3.63) is 35.3 Å². The molecule has 0 fully saturated rings. The van der Waals surface area contributed by atoms with Crippen molar-refractivity contribution in [1.29, 1.82) is 0 Å². The number of nitrogens with two attached hydrogens (primary N) is 1. The Morgan fingerprint density at radius 1 is 1.29 bits per heavy atom. The number of hydrogen-bond acceptors (Lipinski definition) is 4. The number of hydrogen-bond donors (Lipinski definition) is 1. The molecule has 4 heteroatoms. The molecule has 0 bridgehead atoms. The van der Waals surface area contributed by atoms with Gasteiger partial charge in [0.05, 0.1) is 6.26 Å². The number of aryl methyl sites for hydroxylation is 2. The van der Waals surface area contributed by atoms with E-state index < -0.39 is 0 Å². The average Bonchev–Trinajstić information content (AvgIpc) is 2.81. The first kappa shape index (κ1) is 11.8. The molecule has 0 aliphatic rings. The topological polar surface area (TPSA) is 64.9 Å². The van der Waals surface area contributed by atoms with E-state index in [0.717, 1.165) is 17.0 Å². The number of nitrogens with zero attached hydrogens (tertiary/aromatic N) is 2. The van der Waals surface area contributed by atoms with E-state index in [9.17, 15) is 0 Å². The smallest absolute Gasteiger partial charge is 0.196 e. The molecule has 0 spiro atoms. The molecular formula is C13H17N3O. The van der Waals surface area contributed by atoms with Gasteiger partial charge < -0.3 is 10.2 Å². The lowest BCUT2D eigenvalue weighted by Gasteiger charge is -2.15. The third kappa shape index (κ3) is 2.22. The molecule has 0 amide bonds. The minimum atomic E-state index is 0.278. The second-order valence-corrected chi connectivity index (χ2v) is 4.25. The summed E-state index contributed by atoms with van der Waals surface area (Å²) in [5.41, 5.74) is 8.79. The maximum Gasteiger partial charge on any atom is 0.196 e. The summed E-state index contributed by atoms with van der Waals surface area (Å²) in [5.74, 6) is 1.61. The molecule has 90 valence electrons. The summed E-state index contributed by atoms with van der Waals surface area (Å²) in [5, 5.41) is 0. The summed E-state index contributed by atoms with van der Waals surface area (Å²) in [6.45, 7) is 6.67. The maximum atomic E-state index is 5.70. The normalized spacial score (nSPS) is 12.7. The Morgan fingerprint density at radius 3 is 2.41 bits per heavy atom. The third-order valence-electron chi connectivity index (χ3n) is 2.91. The van der Waals surface area contributed by atoms with Gasteiger partial charge in [-0.05, 0) is 44.0 Å². The van der Waals surface area contributed by atoms with Crippen LogP contribution in [-0.4, -0.2) is 16.5 Å². The highest BCUT2D eigenvalue weighted by Gasteiger charge is 2.15. The third-order valence-corrected chi connectivity index (χ3v) is 2.91. The van der Waals surface area contributed by atoms with E-state index in [1.165, 1.54) is 0 Å². The fourth-order valence-corrected chi connectivity index (χ4v) is 2.07. The fraction of sp³-hybridized carbons (Fsp3) is 0.385. The maximum absolute atomic E-state index is 5.70. The lowest BCUT2D eigenvalue weighted by atomic mass is 9.98. The van der Waals surface area contributed by atoms with Gasteiger partial charge in [-0.25, -0.2) is 9.97 Å². The molecule has 0 radical (unpaired) electrons. The SMILES string of the molecule is Cc1nc(-c2ccco2)nc(C)c1C(C)CN. The number of aromatic nitrogens is 2. The highest BCUT2D eigenvalue weighted by Crippen LogP contribution is 2.24. The second kappa shape index (κ2) is 4.67. The van der Waals surface area contributed by atoms with Gasteiger partial charge in [0.2, 0.25) is 0 Å². The molecule has 0 aliphatic heterocycles. The zero-order chi connectivity index (χ0) is 12.4. The lowest BCUT2D eigenvalue weighted by molar-refractivity contribution is 0.576. The van der Waals surface area contributed by atoms with Gasteiger partial charge in [-0.1, -0.05) is 6.92 Å². The predicted octanol–water partition coefficient (Wildman–Crippen LogP) is 2.42. The van der Waals surface area contributed by atoms with E-state index in [1.54, 1.807) is 6.26 Å². The van der Waals surface area contributed by atoms with Crippen LogP contribution in [0.5, 0.6) is 0 Å². The Balaban J connectivity index is 2.49. The van der Waals surface area contributed by atoms with Crippen LogP contribution in [0, 0.1) is 13.8 Å². The Morgan fingerprint density at radius 2 is 1.94 bits per heavy atom. The Kier molecular flexibility index (Phi) is 3.24. The lowest BCUT2D eigenvalue weighted by Crippen LogP contribution is -2.14. The molecule has 2 rings (SSSR count). The van der Waals surface area contributed by atoms with Crippen LogP contribution >= 0.6 is 0 Å². The van der Waals surface area contributed by atoms with Crippen LogP contribution in [0.2, 0.25) is 0 Å². The molecular weight excluding hydrogens is 214 g/mol. The Bertz CT molecular complexity index is 482. The molecule has 2 heterocycles. The largest absolute Gasteiger partial charge is 0.461 e. The van der Waals surface area contributed by atoms with Crippen molar-refractivity contribution in [2.75, 3.05) is 6.54 Å². The molecule has 2 N–H and O–H groups in total. The van der Waals surface area contributed by atoms with E-state index in [-0.39, 0.29) is 5.92 Å². The van der Waals surface area contributed by atoms with Crippen LogP contribution in [0.25, 0.3) is 11.6 Å². The summed E-state index contributed by atoms with van der Waals surface area (Å²) < 4.78 is 5.31. The van der Waals surface area contributed by atoms with Gasteiger partial charge in [0, 0.05) is 11.4 Å². The number of rotatable bonds is 3. The zero-order valence-corrected chi connectivity index (χ0v) is 10.4. The predicted molar refractivity (Wildman–Crippen MR) is 66.7 cm³/mol. The standard InChI is InChI=1S/C13H17N3O/c1-8(7-14)12-9(2)15-13(16-10(12)3)11-5-4-6-17-11/h4-6,8H,7,14H2,1-3H3. The van der Waals surface area contributed by atoms with Crippen LogP contribution in [0.4, 0.5) is 0 Å². The van der Waals surface area contributed by atoms with E-state index >= 15 is 0 Å². The van der Waals surface area contributed by atoms with Gasteiger partial charge in [-0.2, -0.15) is 0 Å². The van der Waals surface area contributed by atoms with Gasteiger partial charge in [0.1, 0.15) is 0 Å². The van der Waals surface area contributed by atoms with Gasteiger partial charge in [-0.15, -0.1) is 0 Å². The summed E-state index contributed by atoms with van der Waals surface area (Å²) in [4.78, 5) is 8.97. The van der Waals surface area contributed by atoms with Crippen molar-refractivity contribution in [3.8, 4) is 11.6 Å².